The number of carbonyl (C=O) groups excluding carboxylic acids is 2. The third-order valence-electron chi connectivity index (χ3n) is 3.73. The number of methoxy groups -OCH3 is 1. The van der Waals surface area contributed by atoms with Crippen molar-refractivity contribution in [2.24, 2.45) is 0 Å². The van der Waals surface area contributed by atoms with Gasteiger partial charge in [-0.05, 0) is 17.7 Å². The number of aliphatic hydroxyl groups excluding tert-OH is 1. The molecule has 0 aromatic heterocycles. The average Bonchev–Trinajstić information content (AvgIpc) is 2.67. The molecule has 132 valence electrons. The molecule has 2 aromatic rings. The van der Waals surface area contributed by atoms with Crippen LogP contribution in [0.1, 0.15) is 22.0 Å². The van der Waals surface area contributed by atoms with Crippen molar-refractivity contribution in [1.29, 1.82) is 0 Å². The van der Waals surface area contributed by atoms with Crippen molar-refractivity contribution in [3.8, 4) is 0 Å². The summed E-state index contributed by atoms with van der Waals surface area (Å²) in [4.78, 5) is 25.7. The van der Waals surface area contributed by atoms with Crippen molar-refractivity contribution in [3.05, 3.63) is 65.7 Å². The summed E-state index contributed by atoms with van der Waals surface area (Å²) >= 11 is 1.35. The summed E-state index contributed by atoms with van der Waals surface area (Å²) in [5.74, 6) is -0.0120. The molecule has 0 saturated carbocycles. The van der Waals surface area contributed by atoms with Gasteiger partial charge in [-0.25, -0.2) is 4.79 Å². The minimum absolute atomic E-state index is 0.151. The van der Waals surface area contributed by atoms with Gasteiger partial charge in [-0.3, -0.25) is 4.79 Å². The molecular weight excluding hydrogens is 338 g/mol. The van der Waals surface area contributed by atoms with Crippen LogP contribution in [0.2, 0.25) is 0 Å². The van der Waals surface area contributed by atoms with Crippen molar-refractivity contribution in [3.63, 3.8) is 0 Å². The van der Waals surface area contributed by atoms with Crippen LogP contribution in [0.3, 0.4) is 0 Å². The van der Waals surface area contributed by atoms with Gasteiger partial charge in [0, 0.05) is 12.8 Å². The highest BCUT2D eigenvalue weighted by Gasteiger charge is 2.19. The molecule has 0 saturated heterocycles. The number of rotatable bonds is 7. The molecule has 0 aliphatic rings. The molecule has 1 N–H and O–H groups in total. The van der Waals surface area contributed by atoms with Crippen LogP contribution in [-0.4, -0.2) is 42.6 Å². The maximum atomic E-state index is 12.4. The summed E-state index contributed by atoms with van der Waals surface area (Å²) in [5, 5.41) is 10.1. The summed E-state index contributed by atoms with van der Waals surface area (Å²) in [6, 6.07) is 16.1. The van der Waals surface area contributed by atoms with E-state index < -0.39 is 12.1 Å². The minimum Gasteiger partial charge on any atom is -0.465 e. The molecule has 5 nitrogen and oxygen atoms in total. The minimum atomic E-state index is -0.619. The quantitative estimate of drug-likeness (QED) is 0.770. The van der Waals surface area contributed by atoms with E-state index in [1.165, 1.54) is 23.8 Å². The standard InChI is InChI=1S/C19H21NO4S/c1-20(16-11-7-6-10-15(16)19(23)24-2)18(22)13-25-12-17(21)14-8-4-3-5-9-14/h3-11,17,21H,12-13H2,1-2H3. The molecule has 0 aliphatic carbocycles. The smallest absolute Gasteiger partial charge is 0.339 e. The van der Waals surface area contributed by atoms with Crippen LogP contribution in [0.25, 0.3) is 0 Å². The van der Waals surface area contributed by atoms with Crippen LogP contribution in [0.5, 0.6) is 0 Å². The van der Waals surface area contributed by atoms with Gasteiger partial charge in [0.05, 0.1) is 30.2 Å². The maximum Gasteiger partial charge on any atom is 0.339 e. The third kappa shape index (κ3) is 5.08. The van der Waals surface area contributed by atoms with Crippen molar-refractivity contribution >= 4 is 29.3 Å². The highest BCUT2D eigenvalue weighted by Crippen LogP contribution is 2.22. The summed E-state index contributed by atoms with van der Waals surface area (Å²) in [5.41, 5.74) is 1.67. The first-order valence-corrected chi connectivity index (χ1v) is 8.94. The SMILES string of the molecule is COC(=O)c1ccccc1N(C)C(=O)CSCC(O)c1ccccc1. The van der Waals surface area contributed by atoms with Crippen LogP contribution < -0.4 is 4.90 Å². The molecule has 6 heteroatoms. The fraction of sp³-hybridized carbons (Fsp3) is 0.263. The largest absolute Gasteiger partial charge is 0.465 e. The summed E-state index contributed by atoms with van der Waals surface area (Å²) in [6.45, 7) is 0. The predicted molar refractivity (Wildman–Crippen MR) is 99.9 cm³/mol. The van der Waals surface area contributed by atoms with Gasteiger partial charge < -0.3 is 14.7 Å². The number of nitrogens with zero attached hydrogens (tertiary/aromatic N) is 1. The Balaban J connectivity index is 1.94. The van der Waals surface area contributed by atoms with Crippen LogP contribution in [-0.2, 0) is 9.53 Å². The Morgan fingerprint density at radius 1 is 1.12 bits per heavy atom. The number of hydrogen-bond donors (Lipinski definition) is 1. The van der Waals surface area contributed by atoms with Crippen molar-refractivity contribution in [1.82, 2.24) is 0 Å². The molecule has 1 atom stereocenters. The molecule has 0 bridgehead atoms. The lowest BCUT2D eigenvalue weighted by molar-refractivity contribution is -0.115. The fourth-order valence-electron chi connectivity index (χ4n) is 2.31. The van der Waals surface area contributed by atoms with Crippen molar-refractivity contribution in [2.75, 3.05) is 30.6 Å². The monoisotopic (exact) mass is 359 g/mol. The number of thioether (sulfide) groups is 1. The lowest BCUT2D eigenvalue weighted by Gasteiger charge is -2.20. The van der Waals surface area contributed by atoms with E-state index in [1.807, 2.05) is 30.3 Å². The second-order valence-electron chi connectivity index (χ2n) is 5.40. The fourth-order valence-corrected chi connectivity index (χ4v) is 3.21. The predicted octanol–water partition coefficient (Wildman–Crippen LogP) is 2.90. The zero-order valence-electron chi connectivity index (χ0n) is 14.2. The lowest BCUT2D eigenvalue weighted by atomic mass is 10.1. The van der Waals surface area contributed by atoms with Gasteiger partial charge in [0.25, 0.3) is 0 Å². The Kier molecular flexibility index (Phi) is 7.03. The number of para-hydroxylation sites is 1. The van der Waals surface area contributed by atoms with Gasteiger partial charge in [0.15, 0.2) is 0 Å². The Labute approximate surface area is 151 Å². The molecule has 25 heavy (non-hydrogen) atoms. The highest BCUT2D eigenvalue weighted by molar-refractivity contribution is 8.00. The maximum absolute atomic E-state index is 12.4. The van der Waals surface area contributed by atoms with E-state index in [0.717, 1.165) is 5.56 Å². The molecule has 0 aliphatic heterocycles. The first kappa shape index (κ1) is 19.0. The number of carbonyl (C=O) groups is 2. The summed E-state index contributed by atoms with van der Waals surface area (Å²) in [6.07, 6.45) is -0.619. The van der Waals surface area contributed by atoms with Gasteiger partial charge in [0.2, 0.25) is 5.91 Å². The number of amides is 1. The number of benzene rings is 2. The van der Waals surface area contributed by atoms with Gasteiger partial charge in [-0.15, -0.1) is 11.8 Å². The van der Waals surface area contributed by atoms with E-state index >= 15 is 0 Å². The van der Waals surface area contributed by atoms with E-state index in [1.54, 1.807) is 31.3 Å². The first-order valence-electron chi connectivity index (χ1n) is 7.79. The molecule has 0 heterocycles. The molecule has 2 aromatic carbocycles. The molecule has 1 unspecified atom stereocenters. The zero-order chi connectivity index (χ0) is 18.2. The molecule has 0 spiro atoms. The van der Waals surface area contributed by atoms with E-state index in [-0.39, 0.29) is 11.7 Å². The summed E-state index contributed by atoms with van der Waals surface area (Å²) < 4.78 is 4.75. The van der Waals surface area contributed by atoms with Crippen LogP contribution in [0.4, 0.5) is 5.69 Å². The number of ether oxygens (including phenoxy) is 1. The van der Waals surface area contributed by atoms with Crippen LogP contribution in [0.15, 0.2) is 54.6 Å². The van der Waals surface area contributed by atoms with Crippen molar-refractivity contribution < 1.29 is 19.4 Å². The number of anilines is 1. The molecule has 0 radical (unpaired) electrons. The topological polar surface area (TPSA) is 66.8 Å². The van der Waals surface area contributed by atoms with E-state index in [0.29, 0.717) is 17.0 Å². The second-order valence-corrected chi connectivity index (χ2v) is 6.43. The molecular formula is C19H21NO4S. The van der Waals surface area contributed by atoms with Gasteiger partial charge in [-0.2, -0.15) is 0 Å². The van der Waals surface area contributed by atoms with E-state index in [9.17, 15) is 14.7 Å². The molecule has 2 rings (SSSR count). The Morgan fingerprint density at radius 2 is 1.76 bits per heavy atom. The van der Waals surface area contributed by atoms with Crippen LogP contribution in [0, 0.1) is 0 Å². The average molecular weight is 359 g/mol. The Hall–Kier alpha value is -2.31. The summed E-state index contributed by atoms with van der Waals surface area (Å²) in [7, 11) is 2.93. The Bertz CT molecular complexity index is 720. The molecule has 1 amide bonds. The second kappa shape index (κ2) is 9.25. The van der Waals surface area contributed by atoms with E-state index in [4.69, 9.17) is 4.74 Å². The normalized spacial score (nSPS) is 11.6. The lowest BCUT2D eigenvalue weighted by Crippen LogP contribution is -2.29. The Morgan fingerprint density at radius 3 is 2.44 bits per heavy atom. The van der Waals surface area contributed by atoms with Crippen LogP contribution >= 0.6 is 11.8 Å². The molecule has 0 fully saturated rings. The third-order valence-corrected chi connectivity index (χ3v) is 4.73. The number of aliphatic hydroxyl groups is 1. The van der Waals surface area contributed by atoms with Crippen molar-refractivity contribution in [2.45, 2.75) is 6.10 Å². The number of hydrogen-bond acceptors (Lipinski definition) is 5. The highest BCUT2D eigenvalue weighted by atomic mass is 32.2. The van der Waals surface area contributed by atoms with Gasteiger partial charge >= 0.3 is 5.97 Å². The zero-order valence-corrected chi connectivity index (χ0v) is 15.0. The number of esters is 1. The first-order chi connectivity index (χ1) is 12.0. The van der Waals surface area contributed by atoms with Gasteiger partial charge in [-0.1, -0.05) is 42.5 Å². The van der Waals surface area contributed by atoms with E-state index in [2.05, 4.69) is 0 Å². The van der Waals surface area contributed by atoms with Gasteiger partial charge in [0.1, 0.15) is 0 Å².